The van der Waals surface area contributed by atoms with Crippen LogP contribution in [0.3, 0.4) is 0 Å². The number of rotatable bonds is 3. The number of hydrogen-bond donors (Lipinski definition) is 1. The van der Waals surface area contributed by atoms with Crippen LogP contribution in [0.2, 0.25) is 0 Å². The largest absolute Gasteiger partial charge is 0.328 e. The van der Waals surface area contributed by atoms with Gasteiger partial charge in [-0.05, 0) is 66.3 Å². The Balaban J connectivity index is 1.66. The Hall–Kier alpha value is -3.45. The fraction of sp³-hybridized carbons (Fsp3) is 0.130. The van der Waals surface area contributed by atoms with Crippen molar-refractivity contribution in [3.8, 4) is 16.8 Å². The van der Waals surface area contributed by atoms with Gasteiger partial charge in [-0.2, -0.15) is 0 Å². The van der Waals surface area contributed by atoms with Gasteiger partial charge in [0.1, 0.15) is 16.0 Å². The van der Waals surface area contributed by atoms with Gasteiger partial charge in [0, 0.05) is 35.1 Å². The monoisotopic (exact) mass is 417 g/mol. The lowest BCUT2D eigenvalue weighted by Crippen LogP contribution is -2.15. The molecule has 1 saturated carbocycles. The molecule has 0 aliphatic heterocycles. The van der Waals surface area contributed by atoms with Crippen molar-refractivity contribution in [2.75, 3.05) is 0 Å². The van der Waals surface area contributed by atoms with Gasteiger partial charge in [-0.15, -0.1) is 0 Å². The molecule has 1 aliphatic rings. The first kappa shape index (κ1) is 17.4. The zero-order valence-electron chi connectivity index (χ0n) is 15.8. The first-order chi connectivity index (χ1) is 14.6. The summed E-state index contributed by atoms with van der Waals surface area (Å²) in [4.78, 5) is 25.8. The van der Waals surface area contributed by atoms with E-state index in [0.29, 0.717) is 15.9 Å². The second kappa shape index (κ2) is 6.27. The summed E-state index contributed by atoms with van der Waals surface area (Å²) in [5, 5.41) is 0.377. The molecule has 5 aromatic rings. The smallest absolute Gasteiger partial charge is 0.271 e. The highest BCUT2D eigenvalue weighted by atomic mass is 32.1. The Morgan fingerprint density at radius 2 is 1.83 bits per heavy atom. The van der Waals surface area contributed by atoms with E-state index in [4.69, 9.17) is 0 Å². The predicted molar refractivity (Wildman–Crippen MR) is 117 cm³/mol. The Kier molecular flexibility index (Phi) is 3.64. The molecule has 1 fully saturated rings. The van der Waals surface area contributed by atoms with Crippen LogP contribution in [0.5, 0.6) is 0 Å². The number of benzene rings is 2. The minimum Gasteiger partial charge on any atom is -0.328 e. The number of pyridine rings is 1. The Bertz CT molecular complexity index is 1560. The maximum absolute atomic E-state index is 15.2. The molecule has 0 radical (unpaired) electrons. The zero-order valence-corrected chi connectivity index (χ0v) is 16.6. The van der Waals surface area contributed by atoms with Crippen LogP contribution in [0.25, 0.3) is 37.9 Å². The number of hydrogen-bond acceptors (Lipinski definition) is 3. The van der Waals surface area contributed by atoms with Gasteiger partial charge in [0.25, 0.3) is 5.56 Å². The van der Waals surface area contributed by atoms with Crippen molar-refractivity contribution >= 4 is 32.7 Å². The molecule has 3 aromatic heterocycles. The van der Waals surface area contributed by atoms with E-state index >= 15 is 4.39 Å². The third kappa shape index (κ3) is 2.52. The maximum Gasteiger partial charge on any atom is 0.271 e. The average molecular weight is 417 g/mol. The molecule has 0 bridgehead atoms. The van der Waals surface area contributed by atoms with Crippen molar-refractivity contribution in [3.05, 3.63) is 87.3 Å². The van der Waals surface area contributed by atoms with Crippen LogP contribution in [0, 0.1) is 5.82 Å². The molecule has 7 heteroatoms. The summed E-state index contributed by atoms with van der Waals surface area (Å²) in [7, 11) is 0. The van der Waals surface area contributed by atoms with Gasteiger partial charge in [0.05, 0.1) is 5.52 Å². The minimum atomic E-state index is -0.474. The number of aromatic nitrogens is 3. The lowest BCUT2D eigenvalue weighted by molar-refractivity contribution is 0.632. The van der Waals surface area contributed by atoms with Crippen LogP contribution in [0.15, 0.2) is 70.5 Å². The van der Waals surface area contributed by atoms with Gasteiger partial charge in [-0.3, -0.25) is 14.0 Å². The summed E-state index contributed by atoms with van der Waals surface area (Å²) in [5.74, 6) is -0.474. The highest BCUT2D eigenvalue weighted by Gasteiger charge is 2.29. The van der Waals surface area contributed by atoms with Crippen LogP contribution >= 0.6 is 11.5 Å². The number of halogens is 1. The van der Waals surface area contributed by atoms with Crippen LogP contribution < -0.4 is 11.0 Å². The topological polar surface area (TPSA) is 59.8 Å². The summed E-state index contributed by atoms with van der Waals surface area (Å²) < 4.78 is 21.9. The van der Waals surface area contributed by atoms with Crippen molar-refractivity contribution in [2.45, 2.75) is 18.9 Å². The summed E-state index contributed by atoms with van der Waals surface area (Å²) in [6.45, 7) is 0. The molecular formula is C23H16FN3O2S. The van der Waals surface area contributed by atoms with Gasteiger partial charge in [-0.1, -0.05) is 12.1 Å². The van der Waals surface area contributed by atoms with E-state index in [2.05, 4.69) is 4.37 Å². The van der Waals surface area contributed by atoms with E-state index in [9.17, 15) is 9.59 Å². The molecule has 0 amide bonds. The summed E-state index contributed by atoms with van der Waals surface area (Å²) in [6.07, 6.45) is 5.83. The molecule has 1 N–H and O–H groups in total. The SMILES string of the molecule is O=c1[nH]sc2c1c(=O)c1cc(F)c(-c3cccc(-n4cccc4)c3)cc1n2C1CC1. The molecule has 6 rings (SSSR count). The van der Waals surface area contributed by atoms with Crippen molar-refractivity contribution in [1.82, 2.24) is 13.5 Å². The maximum atomic E-state index is 15.2. The third-order valence-electron chi connectivity index (χ3n) is 5.69. The van der Waals surface area contributed by atoms with E-state index in [-0.39, 0.29) is 16.8 Å². The third-order valence-corrected chi connectivity index (χ3v) is 6.57. The molecule has 0 unspecified atom stereocenters. The summed E-state index contributed by atoms with van der Waals surface area (Å²) in [5.41, 5.74) is 1.96. The van der Waals surface area contributed by atoms with Crippen molar-refractivity contribution in [1.29, 1.82) is 0 Å². The molecule has 30 heavy (non-hydrogen) atoms. The van der Waals surface area contributed by atoms with Crippen LogP contribution in [-0.4, -0.2) is 13.5 Å². The van der Waals surface area contributed by atoms with Gasteiger partial charge >= 0.3 is 0 Å². The highest BCUT2D eigenvalue weighted by molar-refractivity contribution is 7.12. The van der Waals surface area contributed by atoms with E-state index < -0.39 is 16.8 Å². The molecule has 3 heterocycles. The number of nitrogens with one attached hydrogen (secondary N) is 1. The number of fused-ring (bicyclic) bond motifs is 2. The standard InChI is InChI=1S/C23H16FN3O2S/c24-18-11-17-19(27(14-6-7-14)23-20(21(17)28)22(29)25-30-23)12-16(18)13-4-3-5-15(10-13)26-8-1-2-9-26/h1-5,8-12,14H,6-7H2,(H,25,29). The Morgan fingerprint density at radius 3 is 2.60 bits per heavy atom. The first-order valence-corrected chi connectivity index (χ1v) is 10.6. The number of nitrogens with zero attached hydrogens (tertiary/aromatic N) is 2. The lowest BCUT2D eigenvalue weighted by atomic mass is 10.0. The van der Waals surface area contributed by atoms with Gasteiger partial charge in [0.15, 0.2) is 0 Å². The van der Waals surface area contributed by atoms with Crippen LogP contribution in [-0.2, 0) is 0 Å². The molecule has 5 nitrogen and oxygen atoms in total. The van der Waals surface area contributed by atoms with Gasteiger partial charge in [-0.25, -0.2) is 4.39 Å². The molecule has 0 saturated heterocycles. The van der Waals surface area contributed by atoms with E-state index in [1.54, 1.807) is 6.07 Å². The van der Waals surface area contributed by atoms with Gasteiger partial charge < -0.3 is 9.13 Å². The van der Waals surface area contributed by atoms with E-state index in [1.165, 1.54) is 17.6 Å². The fourth-order valence-corrected chi connectivity index (χ4v) is 5.03. The summed E-state index contributed by atoms with van der Waals surface area (Å²) >= 11 is 1.17. The van der Waals surface area contributed by atoms with Crippen LogP contribution in [0.1, 0.15) is 18.9 Å². The number of H-pyrrole nitrogens is 1. The molecular weight excluding hydrogens is 401 g/mol. The second-order valence-corrected chi connectivity index (χ2v) is 8.43. The minimum absolute atomic E-state index is 0.126. The van der Waals surface area contributed by atoms with Crippen molar-refractivity contribution in [2.24, 2.45) is 0 Å². The molecule has 2 aromatic carbocycles. The first-order valence-electron chi connectivity index (χ1n) is 9.74. The van der Waals surface area contributed by atoms with E-state index in [1.807, 2.05) is 57.9 Å². The quantitative estimate of drug-likeness (QED) is 0.457. The van der Waals surface area contributed by atoms with Crippen molar-refractivity contribution in [3.63, 3.8) is 0 Å². The normalized spacial score (nSPS) is 14.0. The van der Waals surface area contributed by atoms with Crippen molar-refractivity contribution < 1.29 is 4.39 Å². The van der Waals surface area contributed by atoms with Crippen LogP contribution in [0.4, 0.5) is 4.39 Å². The molecule has 0 atom stereocenters. The number of aromatic amines is 1. The van der Waals surface area contributed by atoms with E-state index in [0.717, 1.165) is 24.1 Å². The Labute approximate surface area is 173 Å². The van der Waals surface area contributed by atoms with Gasteiger partial charge in [0.2, 0.25) is 5.43 Å². The average Bonchev–Trinajstić information content (AvgIpc) is 3.28. The Morgan fingerprint density at radius 1 is 1.03 bits per heavy atom. The molecule has 0 spiro atoms. The highest BCUT2D eigenvalue weighted by Crippen LogP contribution is 2.40. The molecule has 1 aliphatic carbocycles. The zero-order chi connectivity index (χ0) is 20.4. The fourth-order valence-electron chi connectivity index (χ4n) is 4.11. The lowest BCUT2D eigenvalue weighted by Gasteiger charge is -2.14. The molecule has 148 valence electrons. The summed E-state index contributed by atoms with van der Waals surface area (Å²) in [6, 6.07) is 14.8. The second-order valence-electron chi connectivity index (χ2n) is 7.63. The predicted octanol–water partition coefficient (Wildman–Crippen LogP) is 4.84.